The first-order valence-electron chi connectivity index (χ1n) is 8.46. The molecule has 0 radical (unpaired) electrons. The zero-order chi connectivity index (χ0) is 16.9. The summed E-state index contributed by atoms with van der Waals surface area (Å²) in [6.07, 6.45) is 6.03. The zero-order valence-electron chi connectivity index (χ0n) is 14.3. The van der Waals surface area contributed by atoms with E-state index in [2.05, 4.69) is 35.1 Å². The molecule has 1 atom stereocenters. The highest BCUT2D eigenvalue weighted by Gasteiger charge is 2.27. The summed E-state index contributed by atoms with van der Waals surface area (Å²) in [4.78, 5) is 32.5. The molecule has 0 bridgehead atoms. The van der Waals surface area contributed by atoms with Crippen molar-refractivity contribution in [3.05, 3.63) is 12.7 Å². The first-order chi connectivity index (χ1) is 11.6. The lowest BCUT2D eigenvalue weighted by molar-refractivity contribution is -0.125. The van der Waals surface area contributed by atoms with E-state index < -0.39 is 0 Å². The fourth-order valence-corrected chi connectivity index (χ4v) is 3.13. The fraction of sp³-hybridized carbons (Fsp3) is 0.625. The molecule has 24 heavy (non-hydrogen) atoms. The predicted molar refractivity (Wildman–Crippen MR) is 92.8 cm³/mol. The van der Waals surface area contributed by atoms with E-state index in [1.54, 1.807) is 6.33 Å². The minimum atomic E-state index is 0.00560. The molecule has 0 spiro atoms. The van der Waals surface area contributed by atoms with Crippen LogP contribution in [-0.2, 0) is 4.79 Å². The summed E-state index contributed by atoms with van der Waals surface area (Å²) < 4.78 is 0. The van der Waals surface area contributed by atoms with Crippen LogP contribution in [0.3, 0.4) is 0 Å². The van der Waals surface area contributed by atoms with E-state index in [0.29, 0.717) is 12.2 Å². The number of hydrogen-bond acceptors (Lipinski definition) is 6. The maximum absolute atomic E-state index is 12.4. The summed E-state index contributed by atoms with van der Waals surface area (Å²) in [6, 6.07) is 0. The van der Waals surface area contributed by atoms with Gasteiger partial charge in [-0.3, -0.25) is 4.79 Å². The van der Waals surface area contributed by atoms with E-state index in [1.165, 1.54) is 6.33 Å². The standard InChI is InChI=1S/C16H25N7O/c1-22(2)7-4-6-17-16(24)12-5-3-8-23(9-12)15-13-14(19-10-18-13)20-11-21-15/h10-12H,3-9H2,1-2H3,(H,17,24)(H,18,19,20,21)/t12-/m1/s1. The lowest BCUT2D eigenvalue weighted by Crippen LogP contribution is -2.44. The van der Waals surface area contributed by atoms with E-state index in [0.717, 1.165) is 50.2 Å². The van der Waals surface area contributed by atoms with Crippen molar-refractivity contribution in [1.29, 1.82) is 0 Å². The van der Waals surface area contributed by atoms with Crippen molar-refractivity contribution in [1.82, 2.24) is 30.2 Å². The summed E-state index contributed by atoms with van der Waals surface area (Å²) in [5.41, 5.74) is 1.50. The Kier molecular flexibility index (Phi) is 5.24. The van der Waals surface area contributed by atoms with Crippen molar-refractivity contribution >= 4 is 22.9 Å². The number of nitrogens with zero attached hydrogens (tertiary/aromatic N) is 5. The van der Waals surface area contributed by atoms with E-state index in [1.807, 2.05) is 14.1 Å². The van der Waals surface area contributed by atoms with E-state index in [-0.39, 0.29) is 11.8 Å². The Bertz CT molecular complexity index is 684. The third-order valence-electron chi connectivity index (χ3n) is 4.38. The number of hydrogen-bond donors (Lipinski definition) is 2. The summed E-state index contributed by atoms with van der Waals surface area (Å²) in [7, 11) is 4.08. The summed E-state index contributed by atoms with van der Waals surface area (Å²) in [6.45, 7) is 3.29. The van der Waals surface area contributed by atoms with Crippen LogP contribution in [-0.4, -0.2) is 71.0 Å². The predicted octanol–water partition coefficient (Wildman–Crippen LogP) is 0.637. The molecule has 2 aromatic heterocycles. The van der Waals surface area contributed by atoms with Gasteiger partial charge in [0.15, 0.2) is 11.5 Å². The van der Waals surface area contributed by atoms with Crippen molar-refractivity contribution in [3.8, 4) is 0 Å². The second-order valence-corrected chi connectivity index (χ2v) is 6.53. The monoisotopic (exact) mass is 331 g/mol. The lowest BCUT2D eigenvalue weighted by Gasteiger charge is -2.32. The number of imidazole rings is 1. The largest absolute Gasteiger partial charge is 0.356 e. The number of H-pyrrole nitrogens is 1. The van der Waals surface area contributed by atoms with Crippen molar-refractivity contribution in [2.45, 2.75) is 19.3 Å². The lowest BCUT2D eigenvalue weighted by atomic mass is 9.97. The Hall–Kier alpha value is -2.22. The van der Waals surface area contributed by atoms with Gasteiger partial charge in [0, 0.05) is 19.6 Å². The van der Waals surface area contributed by atoms with Crippen molar-refractivity contribution in [2.24, 2.45) is 5.92 Å². The summed E-state index contributed by atoms with van der Waals surface area (Å²) in [5.74, 6) is 0.988. The van der Waals surface area contributed by atoms with Gasteiger partial charge in [-0.15, -0.1) is 0 Å². The Morgan fingerprint density at radius 2 is 2.29 bits per heavy atom. The normalized spacial score (nSPS) is 18.3. The molecule has 0 aromatic carbocycles. The van der Waals surface area contributed by atoms with Crippen LogP contribution < -0.4 is 10.2 Å². The molecule has 3 heterocycles. The zero-order valence-corrected chi connectivity index (χ0v) is 14.3. The number of piperidine rings is 1. The van der Waals surface area contributed by atoms with Gasteiger partial charge >= 0.3 is 0 Å². The number of nitrogens with one attached hydrogen (secondary N) is 2. The molecular weight excluding hydrogens is 306 g/mol. The minimum Gasteiger partial charge on any atom is -0.356 e. The van der Waals surface area contributed by atoms with Crippen LogP contribution in [0.25, 0.3) is 11.2 Å². The Labute approximate surface area is 141 Å². The number of carbonyl (C=O) groups excluding carboxylic acids is 1. The molecule has 1 fully saturated rings. The Morgan fingerprint density at radius 3 is 3.12 bits per heavy atom. The molecule has 0 unspecified atom stereocenters. The van der Waals surface area contributed by atoms with Crippen LogP contribution >= 0.6 is 0 Å². The van der Waals surface area contributed by atoms with Gasteiger partial charge in [0.05, 0.1) is 12.2 Å². The van der Waals surface area contributed by atoms with Gasteiger partial charge < -0.3 is 20.1 Å². The summed E-state index contributed by atoms with van der Waals surface area (Å²) in [5, 5.41) is 3.07. The molecule has 1 aliphatic heterocycles. The van der Waals surface area contributed by atoms with Crippen LogP contribution in [0.4, 0.5) is 5.82 Å². The minimum absolute atomic E-state index is 0.00560. The Morgan fingerprint density at radius 1 is 1.42 bits per heavy atom. The third kappa shape index (κ3) is 3.81. The number of amides is 1. The number of anilines is 1. The molecule has 2 aromatic rings. The third-order valence-corrected chi connectivity index (χ3v) is 4.38. The average Bonchev–Trinajstić information content (AvgIpc) is 3.07. The molecule has 130 valence electrons. The number of fused-ring (bicyclic) bond motifs is 1. The second kappa shape index (κ2) is 7.57. The summed E-state index contributed by atoms with van der Waals surface area (Å²) >= 11 is 0. The van der Waals surface area contributed by atoms with E-state index >= 15 is 0 Å². The molecule has 1 amide bonds. The number of rotatable bonds is 6. The highest BCUT2D eigenvalue weighted by atomic mass is 16.1. The van der Waals surface area contributed by atoms with Crippen molar-refractivity contribution < 1.29 is 4.79 Å². The van der Waals surface area contributed by atoms with Gasteiger partial charge in [-0.05, 0) is 39.9 Å². The molecular formula is C16H25N7O. The van der Waals surface area contributed by atoms with Crippen LogP contribution in [0.5, 0.6) is 0 Å². The number of carbonyl (C=O) groups is 1. The van der Waals surface area contributed by atoms with Crippen LogP contribution in [0.15, 0.2) is 12.7 Å². The van der Waals surface area contributed by atoms with Gasteiger partial charge in [0.2, 0.25) is 5.91 Å². The molecule has 0 saturated carbocycles. The van der Waals surface area contributed by atoms with Gasteiger partial charge in [0.25, 0.3) is 0 Å². The first-order valence-corrected chi connectivity index (χ1v) is 8.46. The topological polar surface area (TPSA) is 90.0 Å². The van der Waals surface area contributed by atoms with Crippen molar-refractivity contribution in [2.75, 3.05) is 45.2 Å². The van der Waals surface area contributed by atoms with Gasteiger partial charge in [0.1, 0.15) is 11.8 Å². The van der Waals surface area contributed by atoms with Gasteiger partial charge in [-0.2, -0.15) is 0 Å². The highest BCUT2D eigenvalue weighted by Crippen LogP contribution is 2.25. The maximum Gasteiger partial charge on any atom is 0.224 e. The van der Waals surface area contributed by atoms with Crippen LogP contribution in [0.1, 0.15) is 19.3 Å². The Balaban J connectivity index is 1.60. The van der Waals surface area contributed by atoms with E-state index in [4.69, 9.17) is 0 Å². The van der Waals surface area contributed by atoms with Gasteiger partial charge in [-0.1, -0.05) is 0 Å². The molecule has 8 heteroatoms. The first kappa shape index (κ1) is 16.6. The number of aromatic amines is 1. The molecule has 0 aliphatic carbocycles. The van der Waals surface area contributed by atoms with Crippen LogP contribution in [0, 0.1) is 5.92 Å². The highest BCUT2D eigenvalue weighted by molar-refractivity contribution is 5.84. The molecule has 2 N–H and O–H groups in total. The second-order valence-electron chi connectivity index (χ2n) is 6.53. The number of aromatic nitrogens is 4. The fourth-order valence-electron chi connectivity index (χ4n) is 3.13. The van der Waals surface area contributed by atoms with E-state index in [9.17, 15) is 4.79 Å². The maximum atomic E-state index is 12.4. The molecule has 1 saturated heterocycles. The van der Waals surface area contributed by atoms with Crippen LogP contribution in [0.2, 0.25) is 0 Å². The van der Waals surface area contributed by atoms with Crippen molar-refractivity contribution in [3.63, 3.8) is 0 Å². The smallest absolute Gasteiger partial charge is 0.224 e. The molecule has 1 aliphatic rings. The quantitative estimate of drug-likeness (QED) is 0.755. The average molecular weight is 331 g/mol. The molecule has 8 nitrogen and oxygen atoms in total. The molecule has 3 rings (SSSR count). The van der Waals surface area contributed by atoms with Gasteiger partial charge in [-0.25, -0.2) is 15.0 Å². The SMILES string of the molecule is CN(C)CCCNC(=O)[C@@H]1CCCN(c2ncnc3nc[nH]c23)C1.